The van der Waals surface area contributed by atoms with E-state index in [0.717, 1.165) is 28.4 Å². The molecule has 0 saturated heterocycles. The summed E-state index contributed by atoms with van der Waals surface area (Å²) >= 11 is 0. The van der Waals surface area contributed by atoms with Gasteiger partial charge in [0.15, 0.2) is 15.6 Å². The number of ketones is 2. The molecule has 0 heterocycles. The van der Waals surface area contributed by atoms with E-state index in [9.17, 15) is 36.0 Å². The monoisotopic (exact) mass is 749 g/mol. The van der Waals surface area contributed by atoms with Crippen LogP contribution in [0.15, 0.2) is 71.2 Å². The number of nitrogens with two attached hydrogens (primary N) is 1. The molecular weight excluding hydrogens is 699 g/mol. The second-order valence-corrected chi connectivity index (χ2v) is 15.5. The number of benzene rings is 2. The SMILES string of the molecule is CC(C)C[C@H](CC(=O)[C@H](Cc1ccccc1)N=[N+]=[N-])C(=O)N[C@@H](CC(C)C)C(=O)C[C@H](/C=C/S(C)(=O)=O)Cc1ccc(CN)cc1.O=CC(F)(F)F. The number of sulfone groups is 1. The lowest BCUT2D eigenvalue weighted by molar-refractivity contribution is -0.156. The van der Waals surface area contributed by atoms with Crippen molar-refractivity contribution in [3.8, 4) is 0 Å². The van der Waals surface area contributed by atoms with Gasteiger partial charge in [-0.05, 0) is 65.7 Å². The lowest BCUT2D eigenvalue weighted by atomic mass is 9.87. The summed E-state index contributed by atoms with van der Waals surface area (Å²) in [5.74, 6) is -1.92. The lowest BCUT2D eigenvalue weighted by Gasteiger charge is -2.25. The van der Waals surface area contributed by atoms with Crippen molar-refractivity contribution in [2.75, 3.05) is 6.26 Å². The summed E-state index contributed by atoms with van der Waals surface area (Å²) in [5, 5.41) is 7.80. The van der Waals surface area contributed by atoms with Gasteiger partial charge in [-0.25, -0.2) is 8.42 Å². The molecule has 0 aliphatic rings. The van der Waals surface area contributed by atoms with Crippen molar-refractivity contribution in [2.45, 2.75) is 91.0 Å². The number of aldehydes is 1. The number of halogens is 3. The second-order valence-electron chi connectivity index (χ2n) is 13.6. The van der Waals surface area contributed by atoms with Crippen LogP contribution in [0.1, 0.15) is 70.1 Å². The van der Waals surface area contributed by atoms with Crippen molar-refractivity contribution in [2.24, 2.45) is 34.5 Å². The van der Waals surface area contributed by atoms with Crippen LogP contribution in [0.3, 0.4) is 0 Å². The molecule has 0 saturated carbocycles. The fourth-order valence-corrected chi connectivity index (χ4v) is 5.87. The van der Waals surface area contributed by atoms with Gasteiger partial charge in [0.05, 0.1) is 6.04 Å². The van der Waals surface area contributed by atoms with E-state index in [-0.39, 0.29) is 42.7 Å². The van der Waals surface area contributed by atoms with Crippen molar-refractivity contribution in [1.29, 1.82) is 0 Å². The summed E-state index contributed by atoms with van der Waals surface area (Å²) in [4.78, 5) is 52.4. The summed E-state index contributed by atoms with van der Waals surface area (Å²) in [6.45, 7) is 8.21. The number of nitrogens with zero attached hydrogens (tertiary/aromatic N) is 3. The highest BCUT2D eigenvalue weighted by atomic mass is 32.2. The largest absolute Gasteiger partial charge is 0.446 e. The van der Waals surface area contributed by atoms with Crippen LogP contribution >= 0.6 is 0 Å². The molecule has 4 atom stereocenters. The maximum atomic E-state index is 13.8. The van der Waals surface area contributed by atoms with E-state index in [2.05, 4.69) is 15.3 Å². The number of carbonyl (C=O) groups is 4. The van der Waals surface area contributed by atoms with Gasteiger partial charge in [-0.2, -0.15) is 13.2 Å². The molecule has 0 radical (unpaired) electrons. The zero-order chi connectivity index (χ0) is 39.5. The summed E-state index contributed by atoms with van der Waals surface area (Å²) in [6.07, 6.45) is -1.71. The minimum atomic E-state index is -4.64. The molecule has 52 heavy (non-hydrogen) atoms. The van der Waals surface area contributed by atoms with Crippen LogP contribution in [-0.2, 0) is 48.4 Å². The summed E-state index contributed by atoms with van der Waals surface area (Å²) < 4.78 is 55.1. The van der Waals surface area contributed by atoms with Gasteiger partial charge in [-0.15, -0.1) is 0 Å². The van der Waals surface area contributed by atoms with Crippen LogP contribution in [0, 0.1) is 23.7 Å². The van der Waals surface area contributed by atoms with Crippen molar-refractivity contribution in [3.05, 3.63) is 93.2 Å². The topological polar surface area (TPSA) is 189 Å². The van der Waals surface area contributed by atoms with Gasteiger partial charge in [0.2, 0.25) is 12.2 Å². The zero-order valence-electron chi connectivity index (χ0n) is 30.3. The number of alkyl halides is 3. The number of nitrogens with one attached hydrogen (secondary N) is 1. The summed E-state index contributed by atoms with van der Waals surface area (Å²) in [6, 6.07) is 15.1. The number of allylic oxidation sites excluding steroid dienone is 1. The van der Waals surface area contributed by atoms with Crippen molar-refractivity contribution in [1.82, 2.24) is 5.32 Å². The lowest BCUT2D eigenvalue weighted by Crippen LogP contribution is -2.46. The number of amides is 1. The Labute approximate surface area is 304 Å². The van der Waals surface area contributed by atoms with Gasteiger partial charge in [0.1, 0.15) is 11.8 Å². The van der Waals surface area contributed by atoms with Gasteiger partial charge >= 0.3 is 6.18 Å². The molecular formula is C37H50F3N5O6S. The van der Waals surface area contributed by atoms with Gasteiger partial charge in [-0.1, -0.05) is 93.5 Å². The molecule has 0 aliphatic heterocycles. The Balaban J connectivity index is 0.00000206. The van der Waals surface area contributed by atoms with E-state index in [1.165, 1.54) is 0 Å². The molecule has 0 bridgehead atoms. The van der Waals surface area contributed by atoms with Gasteiger partial charge in [0.25, 0.3) is 0 Å². The molecule has 0 unspecified atom stereocenters. The Morgan fingerprint density at radius 3 is 1.90 bits per heavy atom. The van der Waals surface area contributed by atoms with E-state index in [0.29, 0.717) is 25.8 Å². The first-order valence-electron chi connectivity index (χ1n) is 16.9. The van der Waals surface area contributed by atoms with Crippen molar-refractivity contribution < 1.29 is 40.8 Å². The molecule has 1 amide bonds. The van der Waals surface area contributed by atoms with E-state index in [1.807, 2.05) is 82.3 Å². The second kappa shape index (κ2) is 22.6. The summed E-state index contributed by atoms with van der Waals surface area (Å²) in [5.41, 5.74) is 17.6. The highest BCUT2D eigenvalue weighted by Gasteiger charge is 2.31. The molecule has 11 nitrogen and oxygen atoms in total. The van der Waals surface area contributed by atoms with Crippen LogP contribution < -0.4 is 11.1 Å². The van der Waals surface area contributed by atoms with Crippen LogP contribution in [0.25, 0.3) is 10.4 Å². The third kappa shape index (κ3) is 19.9. The zero-order valence-corrected chi connectivity index (χ0v) is 31.1. The Morgan fingerprint density at radius 1 is 0.885 bits per heavy atom. The van der Waals surface area contributed by atoms with Crippen molar-refractivity contribution in [3.63, 3.8) is 0 Å². The number of carbonyl (C=O) groups excluding carboxylic acids is 4. The Bertz CT molecular complexity index is 1630. The molecule has 2 rings (SSSR count). The third-order valence-electron chi connectivity index (χ3n) is 7.77. The normalized spacial score (nSPS) is 14.1. The molecule has 0 aliphatic carbocycles. The smallest absolute Gasteiger partial charge is 0.346 e. The van der Waals surface area contributed by atoms with E-state index in [4.69, 9.17) is 16.1 Å². The van der Waals surface area contributed by atoms with E-state index >= 15 is 0 Å². The molecule has 2 aromatic carbocycles. The molecule has 0 spiro atoms. The predicted molar refractivity (Wildman–Crippen MR) is 194 cm³/mol. The predicted octanol–water partition coefficient (Wildman–Crippen LogP) is 6.64. The first kappa shape index (κ1) is 45.7. The molecule has 286 valence electrons. The molecule has 0 aromatic heterocycles. The van der Waals surface area contributed by atoms with Crippen LogP contribution in [-0.4, -0.2) is 56.7 Å². The van der Waals surface area contributed by atoms with Gasteiger partial charge in [-0.3, -0.25) is 19.2 Å². The molecule has 15 heteroatoms. The van der Waals surface area contributed by atoms with Gasteiger partial charge < -0.3 is 11.1 Å². The standard InChI is InChI=1S/C35H49N5O5S.C2HF3O/c1-24(2)17-30(22-34(42)32(39-40-37)20-26-9-7-6-8-10-26)35(43)38-31(18-25(3)4)33(41)21-29(15-16-46(5,44)45)19-27-11-13-28(23-36)14-12-27;3-2(4,5)1-6/h6-16,24-25,29-32H,17-23,36H2,1-5H3,(H,38,43);1H/b16-15+;/t29-,30-,31+,32+;/m1./s1. The number of Topliss-reactive ketones (excluding diaryl/α,β-unsaturated/α-hetero) is 2. The molecule has 2 aromatic rings. The number of azide groups is 1. The average molecular weight is 750 g/mol. The van der Waals surface area contributed by atoms with E-state index < -0.39 is 52.1 Å². The Hall–Kier alpha value is -4.33. The quantitative estimate of drug-likeness (QED) is 0.0656. The average Bonchev–Trinajstić information content (AvgIpc) is 3.06. The molecule has 0 fully saturated rings. The number of hydrogen-bond acceptors (Lipinski definition) is 8. The maximum Gasteiger partial charge on any atom is 0.446 e. The van der Waals surface area contributed by atoms with Crippen molar-refractivity contribution >= 4 is 33.6 Å². The van der Waals surface area contributed by atoms with Gasteiger partial charge in [0, 0.05) is 41.9 Å². The fraction of sp³-hybridized carbons (Fsp3) is 0.514. The summed E-state index contributed by atoms with van der Waals surface area (Å²) in [7, 11) is -3.42. The van der Waals surface area contributed by atoms with Crippen LogP contribution in [0.2, 0.25) is 0 Å². The fourth-order valence-electron chi connectivity index (χ4n) is 5.36. The third-order valence-corrected chi connectivity index (χ3v) is 8.42. The Kier molecular flexibility index (Phi) is 19.8. The molecule has 3 N–H and O–H groups in total. The first-order chi connectivity index (χ1) is 24.3. The highest BCUT2D eigenvalue weighted by Crippen LogP contribution is 2.22. The minimum Gasteiger partial charge on any atom is -0.346 e. The van der Waals surface area contributed by atoms with Crippen LogP contribution in [0.4, 0.5) is 13.2 Å². The van der Waals surface area contributed by atoms with E-state index in [1.54, 1.807) is 6.08 Å². The highest BCUT2D eigenvalue weighted by molar-refractivity contribution is 7.93. The number of rotatable bonds is 20. The number of hydrogen-bond donors (Lipinski definition) is 2. The Morgan fingerprint density at radius 2 is 1.42 bits per heavy atom. The minimum absolute atomic E-state index is 0.0200. The first-order valence-corrected chi connectivity index (χ1v) is 18.8. The van der Waals surface area contributed by atoms with Crippen LogP contribution in [0.5, 0.6) is 0 Å². The maximum absolute atomic E-state index is 13.8.